The third kappa shape index (κ3) is 4.81. The number of hydrogen-bond donors (Lipinski definition) is 1. The van der Waals surface area contributed by atoms with E-state index in [9.17, 15) is 14.4 Å². The molecule has 2 amide bonds. The average molecular weight is 361 g/mol. The summed E-state index contributed by atoms with van der Waals surface area (Å²) in [5.41, 5.74) is 0.134. The highest BCUT2D eigenvalue weighted by Crippen LogP contribution is 2.19. The fourth-order valence-electron chi connectivity index (χ4n) is 2.75. The summed E-state index contributed by atoms with van der Waals surface area (Å²) in [6, 6.07) is 3.29. The van der Waals surface area contributed by atoms with E-state index in [1.807, 2.05) is 0 Å². The highest BCUT2D eigenvalue weighted by Gasteiger charge is 2.28. The molecule has 0 bridgehead atoms. The van der Waals surface area contributed by atoms with Crippen molar-refractivity contribution >= 4 is 17.8 Å². The number of likely N-dealkylation sites (tertiary alicyclic amines) is 1. The zero-order valence-electron chi connectivity index (χ0n) is 14.8. The van der Waals surface area contributed by atoms with E-state index in [2.05, 4.69) is 11.6 Å². The van der Waals surface area contributed by atoms with E-state index >= 15 is 0 Å². The molecule has 0 unspecified atom stereocenters. The third-order valence-corrected chi connectivity index (χ3v) is 4.25. The molecular formula is C18H23N3O5. The summed E-state index contributed by atoms with van der Waals surface area (Å²) < 4.78 is 5.43. The molecular weight excluding hydrogens is 338 g/mol. The van der Waals surface area contributed by atoms with Crippen LogP contribution in [0.25, 0.3) is 0 Å². The zero-order valence-corrected chi connectivity index (χ0v) is 14.8. The Morgan fingerprint density at radius 1 is 1.42 bits per heavy atom. The molecule has 0 aliphatic carbocycles. The highest BCUT2D eigenvalue weighted by molar-refractivity contribution is 5.96. The van der Waals surface area contributed by atoms with Gasteiger partial charge < -0.3 is 19.6 Å². The number of aromatic nitrogens is 1. The van der Waals surface area contributed by atoms with E-state index in [1.165, 1.54) is 18.1 Å². The summed E-state index contributed by atoms with van der Waals surface area (Å²) in [4.78, 5) is 42.9. The van der Waals surface area contributed by atoms with Gasteiger partial charge >= 0.3 is 5.97 Å². The summed E-state index contributed by atoms with van der Waals surface area (Å²) in [5.74, 6) is -1.53. The van der Waals surface area contributed by atoms with Gasteiger partial charge in [-0.1, -0.05) is 12.7 Å². The second-order valence-electron chi connectivity index (χ2n) is 6.10. The van der Waals surface area contributed by atoms with Crippen LogP contribution in [0, 0.1) is 5.92 Å². The number of carbonyl (C=O) groups is 3. The second-order valence-corrected chi connectivity index (χ2v) is 6.10. The van der Waals surface area contributed by atoms with E-state index in [1.54, 1.807) is 23.1 Å². The summed E-state index contributed by atoms with van der Waals surface area (Å²) in [7, 11) is 1.52. The Bertz CT molecular complexity index is 683. The summed E-state index contributed by atoms with van der Waals surface area (Å²) in [6.45, 7) is 4.47. The Labute approximate surface area is 152 Å². The number of rotatable bonds is 7. The van der Waals surface area contributed by atoms with Gasteiger partial charge in [0.15, 0.2) is 11.4 Å². The molecule has 2 heterocycles. The molecule has 8 heteroatoms. The summed E-state index contributed by atoms with van der Waals surface area (Å²) >= 11 is 0. The SMILES string of the molecule is C=CCOc1cccnc1C(=O)N(C)CC(=O)N1CCC(C(=O)O)CC1. The van der Waals surface area contributed by atoms with Gasteiger partial charge in [-0.2, -0.15) is 0 Å². The Morgan fingerprint density at radius 2 is 2.12 bits per heavy atom. The number of hydrogen-bond acceptors (Lipinski definition) is 5. The third-order valence-electron chi connectivity index (χ3n) is 4.25. The van der Waals surface area contributed by atoms with Crippen LogP contribution in [0.3, 0.4) is 0 Å². The van der Waals surface area contributed by atoms with Gasteiger partial charge in [0.05, 0.1) is 12.5 Å². The predicted molar refractivity (Wildman–Crippen MR) is 93.8 cm³/mol. The van der Waals surface area contributed by atoms with Crippen molar-refractivity contribution in [2.75, 3.05) is 33.3 Å². The minimum absolute atomic E-state index is 0.103. The van der Waals surface area contributed by atoms with Crippen molar-refractivity contribution in [3.8, 4) is 5.75 Å². The van der Waals surface area contributed by atoms with Crippen LogP contribution in [0.15, 0.2) is 31.0 Å². The van der Waals surface area contributed by atoms with Crippen LogP contribution in [-0.4, -0.2) is 71.0 Å². The number of aliphatic carboxylic acids is 1. The van der Waals surface area contributed by atoms with Crippen molar-refractivity contribution in [2.24, 2.45) is 5.92 Å². The minimum Gasteiger partial charge on any atom is -0.487 e. The van der Waals surface area contributed by atoms with Crippen LogP contribution in [0.4, 0.5) is 0 Å². The number of carboxylic acid groups (broad SMARTS) is 1. The Balaban J connectivity index is 1.96. The lowest BCUT2D eigenvalue weighted by Gasteiger charge is -2.31. The largest absolute Gasteiger partial charge is 0.487 e. The lowest BCUT2D eigenvalue weighted by Crippen LogP contribution is -2.45. The molecule has 0 atom stereocenters. The van der Waals surface area contributed by atoms with Crippen LogP contribution >= 0.6 is 0 Å². The van der Waals surface area contributed by atoms with Crippen LogP contribution < -0.4 is 4.74 Å². The molecule has 0 aromatic carbocycles. The van der Waals surface area contributed by atoms with E-state index in [-0.39, 0.29) is 24.8 Å². The molecule has 8 nitrogen and oxygen atoms in total. The molecule has 1 aromatic heterocycles. The number of nitrogens with zero attached hydrogens (tertiary/aromatic N) is 3. The molecule has 1 aliphatic heterocycles. The lowest BCUT2D eigenvalue weighted by molar-refractivity contribution is -0.145. The average Bonchev–Trinajstić information content (AvgIpc) is 2.65. The van der Waals surface area contributed by atoms with Crippen LogP contribution in [0.5, 0.6) is 5.75 Å². The highest BCUT2D eigenvalue weighted by atomic mass is 16.5. The van der Waals surface area contributed by atoms with Gasteiger partial charge in [0, 0.05) is 26.3 Å². The van der Waals surface area contributed by atoms with Crippen molar-refractivity contribution in [1.82, 2.24) is 14.8 Å². The van der Waals surface area contributed by atoms with Gasteiger partial charge in [-0.05, 0) is 25.0 Å². The quantitative estimate of drug-likeness (QED) is 0.729. The first kappa shape index (κ1) is 19.4. The lowest BCUT2D eigenvalue weighted by atomic mass is 9.97. The first-order chi connectivity index (χ1) is 12.4. The van der Waals surface area contributed by atoms with Crippen molar-refractivity contribution in [1.29, 1.82) is 0 Å². The normalized spacial score (nSPS) is 14.6. The number of likely N-dealkylation sites (N-methyl/N-ethyl adjacent to an activating group) is 1. The number of amides is 2. The molecule has 2 rings (SSSR count). The summed E-state index contributed by atoms with van der Waals surface area (Å²) in [6.07, 6.45) is 3.91. The minimum atomic E-state index is -0.827. The molecule has 1 aromatic rings. The van der Waals surface area contributed by atoms with E-state index in [0.717, 1.165) is 0 Å². The number of pyridine rings is 1. The van der Waals surface area contributed by atoms with E-state index in [4.69, 9.17) is 9.84 Å². The van der Waals surface area contributed by atoms with Gasteiger partial charge in [-0.3, -0.25) is 14.4 Å². The number of ether oxygens (including phenoxy) is 1. The number of carboxylic acids is 1. The summed E-state index contributed by atoms with van der Waals surface area (Å²) in [5, 5.41) is 9.01. The smallest absolute Gasteiger partial charge is 0.306 e. The van der Waals surface area contributed by atoms with Crippen LogP contribution in [0.1, 0.15) is 23.3 Å². The monoisotopic (exact) mass is 361 g/mol. The molecule has 1 aliphatic rings. The van der Waals surface area contributed by atoms with Gasteiger partial charge in [0.25, 0.3) is 5.91 Å². The first-order valence-corrected chi connectivity index (χ1v) is 8.38. The second kappa shape index (κ2) is 8.98. The molecule has 0 spiro atoms. The van der Waals surface area contributed by atoms with Crippen molar-refractivity contribution in [3.05, 3.63) is 36.7 Å². The Hall–Kier alpha value is -2.90. The van der Waals surface area contributed by atoms with E-state index < -0.39 is 17.8 Å². The van der Waals surface area contributed by atoms with Crippen LogP contribution in [0.2, 0.25) is 0 Å². The maximum Gasteiger partial charge on any atom is 0.306 e. The number of piperidine rings is 1. The standard InChI is InChI=1S/C18H23N3O5/c1-3-11-26-14-5-4-8-19-16(14)17(23)20(2)12-15(22)21-9-6-13(7-10-21)18(24)25/h3-5,8,13H,1,6-7,9-12H2,2H3,(H,24,25). The first-order valence-electron chi connectivity index (χ1n) is 8.38. The molecule has 1 N–H and O–H groups in total. The Morgan fingerprint density at radius 3 is 2.73 bits per heavy atom. The molecule has 1 saturated heterocycles. The Kier molecular flexibility index (Phi) is 6.71. The van der Waals surface area contributed by atoms with E-state index in [0.29, 0.717) is 31.7 Å². The van der Waals surface area contributed by atoms with Gasteiger partial charge in [0.2, 0.25) is 5.91 Å². The van der Waals surface area contributed by atoms with Crippen LogP contribution in [-0.2, 0) is 9.59 Å². The maximum atomic E-state index is 12.6. The molecule has 26 heavy (non-hydrogen) atoms. The van der Waals surface area contributed by atoms with Crippen molar-refractivity contribution < 1.29 is 24.2 Å². The van der Waals surface area contributed by atoms with Gasteiger partial charge in [-0.15, -0.1) is 0 Å². The fraction of sp³-hybridized carbons (Fsp3) is 0.444. The molecule has 1 fully saturated rings. The van der Waals surface area contributed by atoms with Gasteiger partial charge in [0.1, 0.15) is 6.61 Å². The fourth-order valence-corrected chi connectivity index (χ4v) is 2.75. The molecule has 140 valence electrons. The van der Waals surface area contributed by atoms with Crippen molar-refractivity contribution in [3.63, 3.8) is 0 Å². The zero-order chi connectivity index (χ0) is 19.1. The number of carbonyl (C=O) groups excluding carboxylic acids is 2. The van der Waals surface area contributed by atoms with Gasteiger partial charge in [-0.25, -0.2) is 4.98 Å². The van der Waals surface area contributed by atoms with Crippen molar-refractivity contribution in [2.45, 2.75) is 12.8 Å². The topological polar surface area (TPSA) is 100 Å². The molecule has 0 radical (unpaired) electrons. The molecule has 0 saturated carbocycles. The predicted octanol–water partition coefficient (Wildman–Crippen LogP) is 1.04. The maximum absolute atomic E-state index is 12.6.